The van der Waals surface area contributed by atoms with Gasteiger partial charge in [-0.05, 0) is 55.1 Å². The van der Waals surface area contributed by atoms with Crippen molar-refractivity contribution in [2.24, 2.45) is 22.7 Å². The summed E-state index contributed by atoms with van der Waals surface area (Å²) in [6, 6.07) is 0. The van der Waals surface area contributed by atoms with Crippen molar-refractivity contribution in [3.63, 3.8) is 0 Å². The van der Waals surface area contributed by atoms with E-state index in [1.54, 1.807) is 0 Å². The molecule has 2 atom stereocenters. The van der Waals surface area contributed by atoms with Crippen LogP contribution in [0.4, 0.5) is 0 Å². The van der Waals surface area contributed by atoms with Gasteiger partial charge in [-0.1, -0.05) is 53.2 Å². The van der Waals surface area contributed by atoms with E-state index in [1.165, 1.54) is 29.7 Å². The van der Waals surface area contributed by atoms with Gasteiger partial charge in [0.15, 0.2) is 0 Å². The number of allylic oxidation sites excluding steroid dienone is 4. The van der Waals surface area contributed by atoms with Gasteiger partial charge in [-0.25, -0.2) is 0 Å². The van der Waals surface area contributed by atoms with Crippen molar-refractivity contribution < 1.29 is 14.6 Å². The van der Waals surface area contributed by atoms with Crippen molar-refractivity contribution in [2.45, 2.75) is 73.1 Å². The fraction of sp³-hybridized carbons (Fsp3) is 0.615. The van der Waals surface area contributed by atoms with Crippen LogP contribution >= 0.6 is 0 Å². The van der Waals surface area contributed by atoms with E-state index >= 15 is 0 Å². The van der Waals surface area contributed by atoms with Crippen LogP contribution in [0.2, 0.25) is 0 Å². The first-order chi connectivity index (χ1) is 13.7. The molecule has 4 bridgehead atoms. The van der Waals surface area contributed by atoms with Crippen LogP contribution in [-0.4, -0.2) is 11.7 Å². The Morgan fingerprint density at radius 3 is 2.45 bits per heavy atom. The maximum Gasteiger partial charge on any atom is 0.134 e. The first kappa shape index (κ1) is 20.5. The fourth-order valence-corrected chi connectivity index (χ4v) is 4.56. The van der Waals surface area contributed by atoms with Gasteiger partial charge >= 0.3 is 0 Å². The molecule has 2 aliphatic carbocycles. The number of rotatable bonds is 10. The lowest BCUT2D eigenvalue weighted by Crippen LogP contribution is -2.17. The molecule has 4 heterocycles. The van der Waals surface area contributed by atoms with Crippen molar-refractivity contribution in [1.82, 2.24) is 0 Å². The predicted octanol–water partition coefficient (Wildman–Crippen LogP) is 6.54. The molecule has 0 radical (unpaired) electrons. The Morgan fingerprint density at radius 1 is 0.966 bits per heavy atom. The standard InChI is InChI=1S/C26H36O3/c1-25(2,3)12-7-9-19-21-15-18(24(19)28-21)10-11-20-22-14-17(23(20)29-22)8-6-13-26(4,5)16-27/h10-11,14-15,17-18,27H,6-9,12-13,16H2,1-5H3. The summed E-state index contributed by atoms with van der Waals surface area (Å²) >= 11 is 0. The Labute approximate surface area is 175 Å². The summed E-state index contributed by atoms with van der Waals surface area (Å²) in [6.07, 6.45) is 15.9. The molecule has 0 aromatic rings. The van der Waals surface area contributed by atoms with Gasteiger partial charge in [0, 0.05) is 18.1 Å². The van der Waals surface area contributed by atoms with Crippen molar-refractivity contribution in [3.8, 4) is 0 Å². The quantitative estimate of drug-likeness (QED) is 0.455. The minimum Gasteiger partial charge on any atom is -0.460 e. The number of aliphatic hydroxyl groups excluding tert-OH is 1. The van der Waals surface area contributed by atoms with Crippen molar-refractivity contribution in [2.75, 3.05) is 6.61 Å². The summed E-state index contributed by atoms with van der Waals surface area (Å²) in [5.41, 5.74) is 3.13. The first-order valence-electron chi connectivity index (χ1n) is 11.2. The van der Waals surface area contributed by atoms with Crippen LogP contribution in [0.25, 0.3) is 0 Å². The average molecular weight is 397 g/mol. The molecule has 0 saturated heterocycles. The lowest BCUT2D eigenvalue weighted by atomic mass is 9.86. The van der Waals surface area contributed by atoms with E-state index in [9.17, 15) is 5.11 Å². The molecule has 29 heavy (non-hydrogen) atoms. The van der Waals surface area contributed by atoms with Crippen LogP contribution in [0, 0.1) is 22.7 Å². The topological polar surface area (TPSA) is 38.7 Å². The lowest BCUT2D eigenvalue weighted by molar-refractivity contribution is 0.145. The minimum absolute atomic E-state index is 0.0156. The van der Waals surface area contributed by atoms with E-state index < -0.39 is 0 Å². The lowest BCUT2D eigenvalue weighted by Gasteiger charge is -2.24. The van der Waals surface area contributed by atoms with Crippen LogP contribution < -0.4 is 0 Å². The number of fused-ring (bicyclic) bond motifs is 2. The molecule has 3 heteroatoms. The van der Waals surface area contributed by atoms with E-state index in [2.05, 4.69) is 58.9 Å². The zero-order valence-corrected chi connectivity index (χ0v) is 18.7. The SMILES string of the molecule is CC(C)(C)CCCC1=C2OC1=CC2C=CC1=C2OC1=CC2CCCC(C)(C)CO. The van der Waals surface area contributed by atoms with E-state index in [0.717, 1.165) is 43.0 Å². The van der Waals surface area contributed by atoms with Crippen LogP contribution in [0.3, 0.4) is 0 Å². The third-order valence-electron chi connectivity index (χ3n) is 6.51. The van der Waals surface area contributed by atoms with Crippen molar-refractivity contribution >= 4 is 0 Å². The Balaban J connectivity index is 1.29. The first-order valence-corrected chi connectivity index (χ1v) is 11.2. The monoisotopic (exact) mass is 396 g/mol. The molecule has 3 nitrogen and oxygen atoms in total. The van der Waals surface area contributed by atoms with Gasteiger partial charge in [0.2, 0.25) is 0 Å². The molecular formula is C26H36O3. The van der Waals surface area contributed by atoms with Crippen molar-refractivity contribution in [1.29, 1.82) is 0 Å². The van der Waals surface area contributed by atoms with Gasteiger partial charge in [0.05, 0.1) is 11.5 Å². The second kappa shape index (κ2) is 7.50. The molecule has 6 aliphatic rings. The summed E-state index contributed by atoms with van der Waals surface area (Å²) in [4.78, 5) is 0. The third kappa shape index (κ3) is 4.26. The van der Waals surface area contributed by atoms with Crippen molar-refractivity contribution in [3.05, 3.63) is 58.5 Å². The molecule has 0 aromatic heterocycles. The Hall–Kier alpha value is -1.74. The van der Waals surface area contributed by atoms with Gasteiger partial charge in [-0.15, -0.1) is 0 Å². The zero-order chi connectivity index (χ0) is 20.8. The van der Waals surface area contributed by atoms with Gasteiger partial charge < -0.3 is 14.6 Å². The molecule has 0 saturated carbocycles. The molecular weight excluding hydrogens is 360 g/mol. The largest absolute Gasteiger partial charge is 0.460 e. The average Bonchev–Trinajstić information content (AvgIpc) is 3.35. The fourth-order valence-electron chi connectivity index (χ4n) is 4.56. The summed E-state index contributed by atoms with van der Waals surface area (Å²) in [6.45, 7) is 11.4. The number of aliphatic hydroxyl groups is 1. The summed E-state index contributed by atoms with van der Waals surface area (Å²) in [7, 11) is 0. The molecule has 6 rings (SSSR count). The highest BCUT2D eigenvalue weighted by molar-refractivity contribution is 5.55. The molecule has 0 amide bonds. The van der Waals surface area contributed by atoms with Crippen LogP contribution in [0.5, 0.6) is 0 Å². The van der Waals surface area contributed by atoms with E-state index in [0.29, 0.717) is 17.3 Å². The molecule has 4 aliphatic heterocycles. The van der Waals surface area contributed by atoms with Crippen LogP contribution in [0.1, 0.15) is 73.1 Å². The maximum atomic E-state index is 9.42. The highest BCUT2D eigenvalue weighted by Gasteiger charge is 2.39. The zero-order valence-electron chi connectivity index (χ0n) is 18.7. The second-order valence-electron chi connectivity index (χ2n) is 11.0. The number of hydrogen-bond acceptors (Lipinski definition) is 3. The Kier molecular flexibility index (Phi) is 5.31. The van der Waals surface area contributed by atoms with Crippen LogP contribution in [0.15, 0.2) is 58.5 Å². The summed E-state index contributed by atoms with van der Waals surface area (Å²) in [5, 5.41) is 9.42. The number of hydrogen-bond donors (Lipinski definition) is 1. The maximum absolute atomic E-state index is 9.42. The molecule has 0 spiro atoms. The van der Waals surface area contributed by atoms with E-state index in [4.69, 9.17) is 9.47 Å². The van der Waals surface area contributed by atoms with E-state index in [1.807, 2.05) is 0 Å². The summed E-state index contributed by atoms with van der Waals surface area (Å²) < 4.78 is 11.7. The number of ether oxygens (including phenoxy) is 2. The van der Waals surface area contributed by atoms with Gasteiger partial charge in [-0.3, -0.25) is 0 Å². The normalized spacial score (nSPS) is 25.0. The smallest absolute Gasteiger partial charge is 0.134 e. The molecule has 158 valence electrons. The molecule has 0 aromatic carbocycles. The minimum atomic E-state index is 0.0156. The predicted molar refractivity (Wildman–Crippen MR) is 117 cm³/mol. The molecule has 0 fully saturated rings. The highest BCUT2D eigenvalue weighted by Crippen LogP contribution is 2.50. The van der Waals surface area contributed by atoms with Gasteiger partial charge in [0.1, 0.15) is 23.0 Å². The molecule has 1 N–H and O–H groups in total. The Morgan fingerprint density at radius 2 is 1.72 bits per heavy atom. The second-order valence-corrected chi connectivity index (χ2v) is 11.0. The Bertz CT molecular complexity index is 827. The third-order valence-corrected chi connectivity index (χ3v) is 6.51. The van der Waals surface area contributed by atoms with Gasteiger partial charge in [0.25, 0.3) is 0 Å². The van der Waals surface area contributed by atoms with E-state index in [-0.39, 0.29) is 12.0 Å². The summed E-state index contributed by atoms with van der Waals surface area (Å²) in [5.74, 6) is 5.17. The van der Waals surface area contributed by atoms with Gasteiger partial charge in [-0.2, -0.15) is 0 Å². The van der Waals surface area contributed by atoms with Crippen LogP contribution in [-0.2, 0) is 9.47 Å². The molecule has 2 unspecified atom stereocenters. The highest BCUT2D eigenvalue weighted by atomic mass is 16.5.